The van der Waals surface area contributed by atoms with E-state index in [9.17, 15) is 4.79 Å². The van der Waals surface area contributed by atoms with Gasteiger partial charge in [-0.25, -0.2) is 4.79 Å². The predicted octanol–water partition coefficient (Wildman–Crippen LogP) is 3.75. The van der Waals surface area contributed by atoms with Crippen LogP contribution in [0.25, 0.3) is 6.08 Å². The summed E-state index contributed by atoms with van der Waals surface area (Å²) in [6.07, 6.45) is 3.21. The lowest BCUT2D eigenvalue weighted by molar-refractivity contribution is -0.138. The third kappa shape index (κ3) is 4.43. The number of carbonyl (C=O) groups is 1. The van der Waals surface area contributed by atoms with Crippen LogP contribution in [0, 0.1) is 6.92 Å². The van der Waals surface area contributed by atoms with Crippen molar-refractivity contribution in [2.75, 3.05) is 0 Å². The van der Waals surface area contributed by atoms with Crippen LogP contribution in [0.4, 0.5) is 0 Å². The maximum Gasteiger partial charge on any atom is 0.331 e. The van der Waals surface area contributed by atoms with Crippen LogP contribution >= 0.6 is 0 Å². The van der Waals surface area contributed by atoms with Crippen LogP contribution in [0.2, 0.25) is 0 Å². The molecule has 0 aromatic heterocycles. The summed E-state index contributed by atoms with van der Waals surface area (Å²) in [6, 6.07) is 17.6. The van der Waals surface area contributed by atoms with Gasteiger partial charge in [0, 0.05) is 6.08 Å². The van der Waals surface area contributed by atoms with Crippen LogP contribution < -0.4 is 0 Å². The molecule has 0 spiro atoms. The van der Waals surface area contributed by atoms with Gasteiger partial charge in [-0.1, -0.05) is 60.2 Å². The van der Waals surface area contributed by atoms with E-state index in [2.05, 4.69) is 0 Å². The summed E-state index contributed by atoms with van der Waals surface area (Å²) in [5, 5.41) is 0. The van der Waals surface area contributed by atoms with Crippen molar-refractivity contribution in [1.82, 2.24) is 0 Å². The van der Waals surface area contributed by atoms with E-state index in [1.807, 2.05) is 61.5 Å². The predicted molar refractivity (Wildman–Crippen MR) is 76.5 cm³/mol. The number of carbonyl (C=O) groups excluding carboxylic acids is 1. The second-order valence-corrected chi connectivity index (χ2v) is 4.34. The second-order valence-electron chi connectivity index (χ2n) is 4.34. The van der Waals surface area contributed by atoms with Crippen molar-refractivity contribution in [2.45, 2.75) is 13.5 Å². The summed E-state index contributed by atoms with van der Waals surface area (Å²) in [5.41, 5.74) is 3.17. The molecule has 0 amide bonds. The molecule has 0 unspecified atom stereocenters. The van der Waals surface area contributed by atoms with Crippen molar-refractivity contribution in [1.29, 1.82) is 0 Å². The van der Waals surface area contributed by atoms with E-state index in [0.29, 0.717) is 6.61 Å². The fourth-order valence-electron chi connectivity index (χ4n) is 1.62. The van der Waals surface area contributed by atoms with Gasteiger partial charge in [0.15, 0.2) is 0 Å². The Morgan fingerprint density at radius 3 is 2.42 bits per heavy atom. The summed E-state index contributed by atoms with van der Waals surface area (Å²) in [4.78, 5) is 11.5. The van der Waals surface area contributed by atoms with Crippen LogP contribution in [-0.2, 0) is 16.1 Å². The summed E-state index contributed by atoms with van der Waals surface area (Å²) in [5.74, 6) is -0.329. The van der Waals surface area contributed by atoms with Crippen LogP contribution in [0.3, 0.4) is 0 Å². The molecule has 2 aromatic carbocycles. The van der Waals surface area contributed by atoms with Crippen molar-refractivity contribution in [2.24, 2.45) is 0 Å². The van der Waals surface area contributed by atoms with E-state index in [0.717, 1.165) is 11.1 Å². The standard InChI is InChI=1S/C17H16O2/c1-14-7-9-15(10-8-14)11-12-17(18)19-13-16-5-3-2-4-6-16/h2-12H,13H2,1H3/b12-11+. The maximum atomic E-state index is 11.5. The summed E-state index contributed by atoms with van der Waals surface area (Å²) in [7, 11) is 0. The van der Waals surface area contributed by atoms with E-state index in [1.54, 1.807) is 6.08 Å². The molecule has 0 fully saturated rings. The highest BCUT2D eigenvalue weighted by Crippen LogP contribution is 2.06. The molecule has 2 aromatic rings. The quantitative estimate of drug-likeness (QED) is 0.612. The van der Waals surface area contributed by atoms with Crippen molar-refractivity contribution in [3.05, 3.63) is 77.4 Å². The second kappa shape index (κ2) is 6.55. The molecule has 0 saturated heterocycles. The number of esters is 1. The number of ether oxygens (including phenoxy) is 1. The zero-order valence-electron chi connectivity index (χ0n) is 10.9. The molecule has 2 nitrogen and oxygen atoms in total. The first-order valence-corrected chi connectivity index (χ1v) is 6.19. The molecule has 19 heavy (non-hydrogen) atoms. The number of benzene rings is 2. The van der Waals surface area contributed by atoms with Crippen molar-refractivity contribution in [3.8, 4) is 0 Å². The third-order valence-electron chi connectivity index (χ3n) is 2.71. The van der Waals surface area contributed by atoms with Crippen LogP contribution in [-0.4, -0.2) is 5.97 Å². The summed E-state index contributed by atoms with van der Waals surface area (Å²) < 4.78 is 5.15. The molecule has 0 N–H and O–H groups in total. The van der Waals surface area contributed by atoms with E-state index >= 15 is 0 Å². The van der Waals surface area contributed by atoms with Gasteiger partial charge in [-0.15, -0.1) is 0 Å². The minimum absolute atomic E-state index is 0.303. The molecular formula is C17H16O2. The zero-order chi connectivity index (χ0) is 13.5. The Kier molecular flexibility index (Phi) is 4.51. The molecular weight excluding hydrogens is 236 g/mol. The Labute approximate surface area is 113 Å². The normalized spacial score (nSPS) is 10.6. The van der Waals surface area contributed by atoms with Gasteiger partial charge in [0.25, 0.3) is 0 Å². The SMILES string of the molecule is Cc1ccc(/C=C/C(=O)OCc2ccccc2)cc1. The molecule has 2 heteroatoms. The first-order valence-electron chi connectivity index (χ1n) is 6.19. The Balaban J connectivity index is 1.86. The topological polar surface area (TPSA) is 26.3 Å². The zero-order valence-corrected chi connectivity index (χ0v) is 10.9. The minimum Gasteiger partial charge on any atom is -0.458 e. The van der Waals surface area contributed by atoms with Crippen LogP contribution in [0.1, 0.15) is 16.7 Å². The Hall–Kier alpha value is -2.35. The lowest BCUT2D eigenvalue weighted by atomic mass is 10.1. The summed E-state index contributed by atoms with van der Waals surface area (Å²) >= 11 is 0. The first-order chi connectivity index (χ1) is 9.24. The minimum atomic E-state index is -0.329. The molecule has 2 rings (SSSR count). The van der Waals surface area contributed by atoms with E-state index < -0.39 is 0 Å². The van der Waals surface area contributed by atoms with Crippen LogP contribution in [0.15, 0.2) is 60.7 Å². The Morgan fingerprint density at radius 2 is 1.74 bits per heavy atom. The van der Waals surface area contributed by atoms with Gasteiger partial charge in [0.05, 0.1) is 0 Å². The van der Waals surface area contributed by atoms with Crippen molar-refractivity contribution in [3.63, 3.8) is 0 Å². The monoisotopic (exact) mass is 252 g/mol. The molecule has 0 aliphatic carbocycles. The first kappa shape index (κ1) is 13.1. The molecule has 0 saturated carbocycles. The van der Waals surface area contributed by atoms with Gasteiger partial charge in [0.2, 0.25) is 0 Å². The average Bonchev–Trinajstić information content (AvgIpc) is 2.45. The van der Waals surface area contributed by atoms with E-state index in [-0.39, 0.29) is 5.97 Å². The van der Waals surface area contributed by atoms with Gasteiger partial charge >= 0.3 is 5.97 Å². The average molecular weight is 252 g/mol. The Morgan fingerprint density at radius 1 is 1.05 bits per heavy atom. The molecule has 0 bridgehead atoms. The molecule has 96 valence electrons. The number of aryl methyl sites for hydroxylation is 1. The lowest BCUT2D eigenvalue weighted by Crippen LogP contribution is -2.00. The van der Waals surface area contributed by atoms with Crippen molar-refractivity contribution < 1.29 is 9.53 Å². The van der Waals surface area contributed by atoms with E-state index in [4.69, 9.17) is 4.74 Å². The largest absolute Gasteiger partial charge is 0.458 e. The van der Waals surface area contributed by atoms with E-state index in [1.165, 1.54) is 11.6 Å². The fraction of sp³-hybridized carbons (Fsp3) is 0.118. The number of hydrogen-bond acceptors (Lipinski definition) is 2. The molecule has 0 heterocycles. The third-order valence-corrected chi connectivity index (χ3v) is 2.71. The molecule has 0 radical (unpaired) electrons. The van der Waals surface area contributed by atoms with Gasteiger partial charge in [-0.05, 0) is 24.1 Å². The molecule has 0 aliphatic rings. The van der Waals surface area contributed by atoms with Gasteiger partial charge in [0.1, 0.15) is 6.61 Å². The number of hydrogen-bond donors (Lipinski definition) is 0. The van der Waals surface area contributed by atoms with Gasteiger partial charge < -0.3 is 4.74 Å². The number of rotatable bonds is 4. The molecule has 0 atom stereocenters. The summed E-state index contributed by atoms with van der Waals surface area (Å²) in [6.45, 7) is 2.33. The lowest BCUT2D eigenvalue weighted by Gasteiger charge is -2.01. The highest BCUT2D eigenvalue weighted by molar-refractivity contribution is 5.87. The van der Waals surface area contributed by atoms with Crippen molar-refractivity contribution >= 4 is 12.0 Å². The van der Waals surface area contributed by atoms with Gasteiger partial charge in [-0.2, -0.15) is 0 Å². The highest BCUT2D eigenvalue weighted by atomic mass is 16.5. The fourth-order valence-corrected chi connectivity index (χ4v) is 1.62. The van der Waals surface area contributed by atoms with Crippen LogP contribution in [0.5, 0.6) is 0 Å². The van der Waals surface area contributed by atoms with Gasteiger partial charge in [-0.3, -0.25) is 0 Å². The Bertz CT molecular complexity index is 554. The maximum absolute atomic E-state index is 11.5. The smallest absolute Gasteiger partial charge is 0.331 e. The highest BCUT2D eigenvalue weighted by Gasteiger charge is 1.98. The molecule has 0 aliphatic heterocycles.